The minimum Gasteiger partial charge on any atom is -0.443 e. The Bertz CT molecular complexity index is 682. The van der Waals surface area contributed by atoms with Crippen molar-refractivity contribution in [2.45, 2.75) is 78.2 Å². The van der Waals surface area contributed by atoms with Gasteiger partial charge in [-0.2, -0.15) is 0 Å². The van der Waals surface area contributed by atoms with E-state index in [1.54, 1.807) is 18.6 Å². The summed E-state index contributed by atoms with van der Waals surface area (Å²) in [6.45, 7) is 7.72. The number of carbonyl (C=O) groups is 2. The van der Waals surface area contributed by atoms with Crippen LogP contribution in [-0.2, 0) is 19.1 Å². The summed E-state index contributed by atoms with van der Waals surface area (Å²) in [5, 5.41) is 0. The van der Waals surface area contributed by atoms with E-state index in [1.807, 2.05) is 0 Å². The molecule has 4 nitrogen and oxygen atoms in total. The van der Waals surface area contributed by atoms with E-state index < -0.39 is 17.5 Å². The average molecular weight is 439 g/mol. The Morgan fingerprint density at radius 1 is 1.44 bits per heavy atom. The van der Waals surface area contributed by atoms with Crippen LogP contribution in [0.3, 0.4) is 0 Å². The first-order chi connectivity index (χ1) is 12.7. The second-order valence-electron chi connectivity index (χ2n) is 9.00. The van der Waals surface area contributed by atoms with Crippen molar-refractivity contribution in [3.8, 4) is 0 Å². The third-order valence-corrected chi connectivity index (χ3v) is 7.72. The van der Waals surface area contributed by atoms with Gasteiger partial charge in [0.15, 0.2) is 0 Å². The molecule has 5 heteroatoms. The van der Waals surface area contributed by atoms with Crippen molar-refractivity contribution in [2.24, 2.45) is 23.2 Å². The standard InChI is InChI=1S/C22H31BrO4/c1-14(7-8-17-12-22(4,20(25)26-17)27-15(2)24)18-9-10-19-16(13-23)6-5-11-21(18,19)3/h12-14,18-19H,5-11H2,1-4H3/t14-,18-,19?,21+,22-/m1/s1. The topological polar surface area (TPSA) is 52.6 Å². The van der Waals surface area contributed by atoms with Crippen molar-refractivity contribution in [3.63, 3.8) is 0 Å². The number of cyclic esters (lactones) is 1. The zero-order valence-electron chi connectivity index (χ0n) is 16.8. The van der Waals surface area contributed by atoms with E-state index in [9.17, 15) is 9.59 Å². The van der Waals surface area contributed by atoms with Crippen molar-refractivity contribution >= 4 is 27.9 Å². The fourth-order valence-electron chi connectivity index (χ4n) is 5.83. The number of ether oxygens (including phenoxy) is 2. The van der Waals surface area contributed by atoms with E-state index >= 15 is 0 Å². The maximum atomic E-state index is 12.1. The van der Waals surface area contributed by atoms with Crippen LogP contribution in [0.15, 0.2) is 22.4 Å². The van der Waals surface area contributed by atoms with E-state index in [2.05, 4.69) is 34.8 Å². The summed E-state index contributed by atoms with van der Waals surface area (Å²) in [5.74, 6) is 1.64. The van der Waals surface area contributed by atoms with Gasteiger partial charge in [-0.15, -0.1) is 0 Å². The number of hydrogen-bond acceptors (Lipinski definition) is 4. The summed E-state index contributed by atoms with van der Waals surface area (Å²) < 4.78 is 10.5. The molecular formula is C22H31BrO4. The number of allylic oxidation sites excluding steroid dienone is 2. The summed E-state index contributed by atoms with van der Waals surface area (Å²) >= 11 is 3.58. The lowest BCUT2D eigenvalue weighted by Gasteiger charge is -2.44. The number of carbonyl (C=O) groups excluding carboxylic acids is 2. The predicted octanol–water partition coefficient (Wildman–Crippen LogP) is 5.66. The van der Waals surface area contributed by atoms with E-state index in [-0.39, 0.29) is 0 Å². The first kappa shape index (κ1) is 20.6. The molecule has 0 aromatic carbocycles. The van der Waals surface area contributed by atoms with Gasteiger partial charge in [0, 0.05) is 19.4 Å². The average Bonchev–Trinajstić information content (AvgIpc) is 3.08. The van der Waals surface area contributed by atoms with Gasteiger partial charge in [0.05, 0.1) is 0 Å². The Balaban J connectivity index is 1.63. The van der Waals surface area contributed by atoms with E-state index in [1.165, 1.54) is 39.0 Å². The molecule has 3 rings (SSSR count). The SMILES string of the molecule is CC(=O)O[C@]1(C)C=C(CC[C@@H](C)[C@H]2CCC3C(=CBr)CCC[C@]32C)OC1=O. The molecule has 150 valence electrons. The fourth-order valence-corrected chi connectivity index (χ4v) is 6.37. The fraction of sp³-hybridized carbons (Fsp3) is 0.727. The number of rotatable bonds is 5. The zero-order valence-corrected chi connectivity index (χ0v) is 18.4. The molecule has 2 aliphatic carbocycles. The van der Waals surface area contributed by atoms with Crippen LogP contribution >= 0.6 is 15.9 Å². The van der Waals surface area contributed by atoms with Crippen molar-refractivity contribution in [3.05, 3.63) is 22.4 Å². The van der Waals surface area contributed by atoms with Crippen molar-refractivity contribution in [1.29, 1.82) is 0 Å². The highest BCUT2D eigenvalue weighted by Crippen LogP contribution is 2.60. The second-order valence-corrected chi connectivity index (χ2v) is 9.45. The van der Waals surface area contributed by atoms with Gasteiger partial charge >= 0.3 is 11.9 Å². The third kappa shape index (κ3) is 3.90. The molecule has 0 N–H and O–H groups in total. The Labute approximate surface area is 170 Å². The first-order valence-corrected chi connectivity index (χ1v) is 11.0. The van der Waals surface area contributed by atoms with Gasteiger partial charge < -0.3 is 9.47 Å². The van der Waals surface area contributed by atoms with Gasteiger partial charge in [-0.3, -0.25) is 4.79 Å². The van der Waals surface area contributed by atoms with Gasteiger partial charge in [-0.1, -0.05) is 35.4 Å². The van der Waals surface area contributed by atoms with Gasteiger partial charge in [0.2, 0.25) is 5.60 Å². The van der Waals surface area contributed by atoms with Gasteiger partial charge in [-0.05, 0) is 73.6 Å². The maximum absolute atomic E-state index is 12.1. The molecule has 0 bridgehead atoms. The van der Waals surface area contributed by atoms with Gasteiger partial charge in [-0.25, -0.2) is 4.79 Å². The molecular weight excluding hydrogens is 408 g/mol. The maximum Gasteiger partial charge on any atom is 0.359 e. The summed E-state index contributed by atoms with van der Waals surface area (Å²) in [6.07, 6.45) is 9.73. The van der Waals surface area contributed by atoms with E-state index in [0.29, 0.717) is 35.3 Å². The van der Waals surface area contributed by atoms with Crippen LogP contribution in [0.5, 0.6) is 0 Å². The van der Waals surface area contributed by atoms with Crippen LogP contribution in [0.25, 0.3) is 0 Å². The van der Waals surface area contributed by atoms with Crippen molar-refractivity contribution < 1.29 is 19.1 Å². The Hall–Kier alpha value is -1.10. The lowest BCUT2D eigenvalue weighted by Crippen LogP contribution is -2.35. The second kappa shape index (κ2) is 7.73. The third-order valence-electron chi connectivity index (χ3n) is 7.13. The molecule has 3 aliphatic rings. The normalized spacial score (nSPS) is 38.3. The molecule has 0 amide bonds. The quantitative estimate of drug-likeness (QED) is 0.519. The minimum atomic E-state index is -1.27. The molecule has 2 fully saturated rings. The molecule has 0 radical (unpaired) electrons. The van der Waals surface area contributed by atoms with Gasteiger partial charge in [0.1, 0.15) is 5.76 Å². The Morgan fingerprint density at radius 2 is 2.19 bits per heavy atom. The minimum absolute atomic E-state index is 0.379. The Morgan fingerprint density at radius 3 is 2.85 bits per heavy atom. The monoisotopic (exact) mass is 438 g/mol. The molecule has 0 aromatic heterocycles. The molecule has 2 saturated carbocycles. The van der Waals surface area contributed by atoms with Crippen LogP contribution in [0.2, 0.25) is 0 Å². The summed E-state index contributed by atoms with van der Waals surface area (Å²) in [4.78, 5) is 25.5. The van der Waals surface area contributed by atoms with Crippen LogP contribution in [0.4, 0.5) is 0 Å². The van der Waals surface area contributed by atoms with Crippen molar-refractivity contribution in [2.75, 3.05) is 0 Å². The molecule has 1 aliphatic heterocycles. The van der Waals surface area contributed by atoms with Crippen LogP contribution in [0.1, 0.15) is 72.6 Å². The van der Waals surface area contributed by atoms with Gasteiger partial charge in [0.25, 0.3) is 0 Å². The smallest absolute Gasteiger partial charge is 0.359 e. The summed E-state index contributed by atoms with van der Waals surface area (Å²) in [6, 6.07) is 0. The number of esters is 2. The molecule has 0 saturated heterocycles. The highest BCUT2D eigenvalue weighted by Gasteiger charge is 2.50. The zero-order chi connectivity index (χ0) is 19.8. The summed E-state index contributed by atoms with van der Waals surface area (Å²) in [5.41, 5.74) is 0.695. The highest BCUT2D eigenvalue weighted by molar-refractivity contribution is 9.11. The lowest BCUT2D eigenvalue weighted by molar-refractivity contribution is -0.167. The molecule has 27 heavy (non-hydrogen) atoms. The predicted molar refractivity (Wildman–Crippen MR) is 108 cm³/mol. The molecule has 1 heterocycles. The number of halogens is 1. The molecule has 0 spiro atoms. The van der Waals surface area contributed by atoms with E-state index in [0.717, 1.165) is 6.42 Å². The largest absolute Gasteiger partial charge is 0.443 e. The Kier molecular flexibility index (Phi) is 5.90. The molecule has 0 aromatic rings. The molecule has 5 atom stereocenters. The molecule has 1 unspecified atom stereocenters. The van der Waals surface area contributed by atoms with Crippen LogP contribution < -0.4 is 0 Å². The first-order valence-electron chi connectivity index (χ1n) is 10.1. The highest BCUT2D eigenvalue weighted by atomic mass is 79.9. The lowest BCUT2D eigenvalue weighted by atomic mass is 9.61. The van der Waals surface area contributed by atoms with Crippen LogP contribution in [0, 0.1) is 23.2 Å². The number of fused-ring (bicyclic) bond motifs is 1. The van der Waals surface area contributed by atoms with Crippen molar-refractivity contribution in [1.82, 2.24) is 0 Å². The number of hydrogen-bond donors (Lipinski definition) is 0. The van der Waals surface area contributed by atoms with E-state index in [4.69, 9.17) is 9.47 Å². The van der Waals surface area contributed by atoms with Crippen LogP contribution in [-0.4, -0.2) is 17.5 Å². The summed E-state index contributed by atoms with van der Waals surface area (Å²) in [7, 11) is 0.